The molecule has 24 heteroatoms. The highest BCUT2D eigenvalue weighted by molar-refractivity contribution is 6.12. The van der Waals surface area contributed by atoms with Crippen molar-refractivity contribution in [2.24, 2.45) is 5.92 Å². The molecule has 0 saturated heterocycles. The molecule has 3 aromatic rings. The molecule has 3 N–H and O–H groups in total. The monoisotopic (exact) mass is 916 g/mol. The van der Waals surface area contributed by atoms with Crippen LogP contribution in [0.15, 0.2) is 47.4 Å². The van der Waals surface area contributed by atoms with Gasteiger partial charge in [0.1, 0.15) is 11.8 Å². The molecule has 1 aliphatic rings. The van der Waals surface area contributed by atoms with E-state index in [1.807, 2.05) is 0 Å². The number of halogens is 3. The molecule has 0 unspecified atom stereocenters. The lowest BCUT2D eigenvalue weighted by atomic mass is 10.1. The van der Waals surface area contributed by atoms with Gasteiger partial charge in [-0.15, -0.1) is 0 Å². The lowest BCUT2D eigenvalue weighted by molar-refractivity contribution is -0.214. The second-order valence-corrected chi connectivity index (χ2v) is 15.0. The summed E-state index contributed by atoms with van der Waals surface area (Å²) in [5.74, 6) is -8.25. The van der Waals surface area contributed by atoms with Crippen LogP contribution in [0.25, 0.3) is 11.2 Å². The first kappa shape index (κ1) is 50.7. The smallest absolute Gasteiger partial charge is 0.467 e. The van der Waals surface area contributed by atoms with Crippen molar-refractivity contribution in [2.75, 3.05) is 37.3 Å². The van der Waals surface area contributed by atoms with Crippen molar-refractivity contribution in [2.45, 2.75) is 90.8 Å². The highest BCUT2D eigenvalue weighted by Gasteiger charge is 2.43. The fourth-order valence-electron chi connectivity index (χ4n) is 5.73. The van der Waals surface area contributed by atoms with Crippen LogP contribution in [0.5, 0.6) is 0 Å². The normalized spacial score (nSPS) is 13.2. The van der Waals surface area contributed by atoms with E-state index >= 15 is 0 Å². The van der Waals surface area contributed by atoms with E-state index in [1.165, 1.54) is 0 Å². The number of amides is 5. The lowest BCUT2D eigenvalue weighted by Crippen LogP contribution is -2.42. The molecular formula is C41H47F3N8O13. The Kier molecular flexibility index (Phi) is 17.6. The van der Waals surface area contributed by atoms with E-state index in [4.69, 9.17) is 18.9 Å². The van der Waals surface area contributed by atoms with Crippen LogP contribution < -0.4 is 21.1 Å². The summed E-state index contributed by atoms with van der Waals surface area (Å²) in [4.78, 5) is 126. The molecule has 1 aromatic carbocycles. The molecule has 1 aliphatic heterocycles. The number of hydrogen-bond acceptors (Lipinski definition) is 16. The first-order valence-electron chi connectivity index (χ1n) is 20.0. The summed E-state index contributed by atoms with van der Waals surface area (Å²) in [6.45, 7) is 5.41. The summed E-state index contributed by atoms with van der Waals surface area (Å²) in [6.07, 6.45) is -1.95. The first-order valence-corrected chi connectivity index (χ1v) is 20.0. The molecule has 0 spiro atoms. The lowest BCUT2D eigenvalue weighted by Gasteiger charge is -2.25. The van der Waals surface area contributed by atoms with E-state index in [2.05, 4.69) is 30.6 Å². The Bertz CT molecular complexity index is 2350. The van der Waals surface area contributed by atoms with Crippen LogP contribution in [-0.4, -0.2) is 117 Å². The number of alkyl halides is 3. The molecule has 0 radical (unpaired) electrons. The summed E-state index contributed by atoms with van der Waals surface area (Å²) >= 11 is 0. The van der Waals surface area contributed by atoms with Crippen LogP contribution in [0.4, 0.5) is 24.8 Å². The molecule has 2 aromatic heterocycles. The van der Waals surface area contributed by atoms with Crippen LogP contribution >= 0.6 is 0 Å². The number of anilines is 2. The largest absolute Gasteiger partial charge is 0.471 e. The van der Waals surface area contributed by atoms with Crippen molar-refractivity contribution in [3.8, 4) is 0 Å². The maximum atomic E-state index is 13.8. The number of fused-ring (bicyclic) bond motifs is 1. The van der Waals surface area contributed by atoms with Crippen LogP contribution in [0.3, 0.4) is 0 Å². The Hall–Kier alpha value is -6.95. The fraction of sp³-hybridized carbons (Fsp3) is 0.463. The van der Waals surface area contributed by atoms with Crippen LogP contribution in [0, 0.1) is 5.92 Å². The molecule has 65 heavy (non-hydrogen) atoms. The predicted octanol–water partition coefficient (Wildman–Crippen LogP) is 2.78. The number of nitrogens with one attached hydrogen (secondary N) is 3. The number of imide groups is 1. The number of ketones is 1. The zero-order valence-electron chi connectivity index (χ0n) is 35.9. The van der Waals surface area contributed by atoms with Crippen molar-refractivity contribution in [1.82, 2.24) is 30.2 Å². The third-order valence-corrected chi connectivity index (χ3v) is 9.27. The second-order valence-electron chi connectivity index (χ2n) is 15.0. The van der Waals surface area contributed by atoms with Crippen molar-refractivity contribution in [1.29, 1.82) is 0 Å². The third-order valence-electron chi connectivity index (χ3n) is 9.27. The van der Waals surface area contributed by atoms with Gasteiger partial charge in [0.25, 0.3) is 23.3 Å². The number of H-pyrrole nitrogens is 1. The van der Waals surface area contributed by atoms with Crippen LogP contribution in [0.1, 0.15) is 82.3 Å². The topological polar surface area (TPSA) is 276 Å². The van der Waals surface area contributed by atoms with E-state index < -0.39 is 84.2 Å². The standard InChI is InChI=1S/C41H47F3N8O13/c1-23(2)34(57)49-39-48-33-32(36(59)50-39)46-25(20-45-33)21-51(38(61)41(42,43)44)26-12-10-24(11-13-26)35(58)47-28(37(60)62-5)15-14-27(53)8-6-18-64-40(3,4)65-19-7-9-31(56)63-22-52-29(54)16-17-30(52)55/h10-13,16-17,20,23,28H,6-9,14-15,18-19,21-22H2,1-5H3,(H,47,58)(H2,45,48,49,50,57,59)/t28-/m0/s1. The maximum absolute atomic E-state index is 13.8. The Balaban J connectivity index is 1.27. The average Bonchev–Trinajstić information content (AvgIpc) is 3.58. The van der Waals surface area contributed by atoms with E-state index in [0.717, 1.165) is 54.6 Å². The van der Waals surface area contributed by atoms with Gasteiger partial charge < -0.3 is 24.3 Å². The Morgan fingerprint density at radius 3 is 2.12 bits per heavy atom. The number of aromatic amines is 1. The number of rotatable bonds is 23. The van der Waals surface area contributed by atoms with E-state index in [9.17, 15) is 56.3 Å². The molecule has 3 heterocycles. The van der Waals surface area contributed by atoms with Gasteiger partial charge in [-0.3, -0.25) is 53.6 Å². The summed E-state index contributed by atoms with van der Waals surface area (Å²) in [6, 6.07) is 3.04. The van der Waals surface area contributed by atoms with Gasteiger partial charge in [-0.1, -0.05) is 13.8 Å². The molecule has 21 nitrogen and oxygen atoms in total. The fourth-order valence-corrected chi connectivity index (χ4v) is 5.73. The molecule has 0 saturated carbocycles. The predicted molar refractivity (Wildman–Crippen MR) is 219 cm³/mol. The van der Waals surface area contributed by atoms with Gasteiger partial charge in [0, 0.05) is 48.6 Å². The van der Waals surface area contributed by atoms with Gasteiger partial charge in [-0.25, -0.2) is 19.7 Å². The minimum Gasteiger partial charge on any atom is -0.467 e. The molecule has 0 bridgehead atoms. The summed E-state index contributed by atoms with van der Waals surface area (Å²) in [5, 5.41) is 4.85. The summed E-state index contributed by atoms with van der Waals surface area (Å²) in [7, 11) is 1.08. The quantitative estimate of drug-likeness (QED) is 0.0534. The number of hydrogen-bond donors (Lipinski definition) is 3. The Morgan fingerprint density at radius 2 is 1.52 bits per heavy atom. The molecule has 0 aliphatic carbocycles. The number of Topliss-reactive ketones (excluding diaryl/α,β-unsaturated/α-hetero) is 1. The third kappa shape index (κ3) is 15.1. The first-order chi connectivity index (χ1) is 30.6. The average molecular weight is 917 g/mol. The zero-order valence-corrected chi connectivity index (χ0v) is 35.9. The zero-order chi connectivity index (χ0) is 48.1. The summed E-state index contributed by atoms with van der Waals surface area (Å²) < 4.78 is 62.4. The molecule has 5 amide bonds. The van der Waals surface area contributed by atoms with Crippen molar-refractivity contribution < 1.29 is 70.5 Å². The van der Waals surface area contributed by atoms with Crippen LogP contribution in [-0.2, 0) is 59.1 Å². The minimum absolute atomic E-state index is 0.0421. The second kappa shape index (κ2) is 22.6. The minimum atomic E-state index is -5.35. The SMILES string of the molecule is COC(=O)[C@H](CCC(=O)CCCOC(C)(C)OCCCC(=O)OCN1C(=O)C=CC1=O)NC(=O)c1ccc(N(Cc2cnc3nc(NC(=O)C(C)C)[nH]c(=O)c3n2)C(=O)C(F)(F)F)cc1. The van der Waals surface area contributed by atoms with Crippen molar-refractivity contribution >= 4 is 70.1 Å². The maximum Gasteiger partial charge on any atom is 0.471 e. The number of carbonyl (C=O) groups is 8. The van der Waals surface area contributed by atoms with Crippen molar-refractivity contribution in [3.63, 3.8) is 0 Å². The Labute approximate surface area is 368 Å². The number of nitrogens with zero attached hydrogens (tertiary/aromatic N) is 5. The van der Waals surface area contributed by atoms with Crippen LogP contribution in [0.2, 0.25) is 0 Å². The molecule has 0 fully saturated rings. The van der Waals surface area contributed by atoms with E-state index in [0.29, 0.717) is 4.90 Å². The van der Waals surface area contributed by atoms with Crippen molar-refractivity contribution in [3.05, 3.63) is 64.2 Å². The molecular weight excluding hydrogens is 869 g/mol. The highest BCUT2D eigenvalue weighted by Crippen LogP contribution is 2.26. The van der Waals surface area contributed by atoms with Gasteiger partial charge in [-0.05, 0) is 57.4 Å². The van der Waals surface area contributed by atoms with E-state index in [1.54, 1.807) is 27.7 Å². The molecule has 1 atom stereocenters. The van der Waals surface area contributed by atoms with Gasteiger partial charge in [0.05, 0.1) is 38.8 Å². The number of benzene rings is 1. The number of ether oxygens (including phenoxy) is 4. The number of esters is 2. The van der Waals surface area contributed by atoms with Gasteiger partial charge in [-0.2, -0.15) is 18.2 Å². The molecule has 350 valence electrons. The van der Waals surface area contributed by atoms with Gasteiger partial charge in [0.2, 0.25) is 11.9 Å². The number of aromatic nitrogens is 4. The van der Waals surface area contributed by atoms with Gasteiger partial charge in [0.15, 0.2) is 23.7 Å². The Morgan fingerprint density at radius 1 is 0.892 bits per heavy atom. The number of methoxy groups -OCH3 is 1. The van der Waals surface area contributed by atoms with E-state index in [-0.39, 0.29) is 91.6 Å². The highest BCUT2D eigenvalue weighted by atomic mass is 19.4. The van der Waals surface area contributed by atoms with Gasteiger partial charge >= 0.3 is 24.0 Å². The summed E-state index contributed by atoms with van der Waals surface area (Å²) in [5.41, 5.74) is -2.13. The molecule has 4 rings (SSSR count). The number of carbonyl (C=O) groups excluding carboxylic acids is 8.